The molecule has 0 atom stereocenters. The van der Waals surface area contributed by atoms with Gasteiger partial charge in [-0.3, -0.25) is 19.7 Å². The van der Waals surface area contributed by atoms with Crippen molar-refractivity contribution in [1.82, 2.24) is 24.6 Å². The highest BCUT2D eigenvalue weighted by molar-refractivity contribution is 5.43. The lowest BCUT2D eigenvalue weighted by Gasteiger charge is -2.35. The number of nitro groups is 1. The monoisotopic (exact) mass is 346 g/mol. The fourth-order valence-electron chi connectivity index (χ4n) is 2.74. The van der Waals surface area contributed by atoms with Gasteiger partial charge >= 0.3 is 5.69 Å². The second-order valence-electron chi connectivity index (χ2n) is 6.16. The molecule has 0 amide bonds. The van der Waals surface area contributed by atoms with Crippen LogP contribution in [0.4, 0.5) is 17.5 Å². The second kappa shape index (κ2) is 7.43. The zero-order valence-electron chi connectivity index (χ0n) is 14.4. The minimum atomic E-state index is -0.425. The van der Waals surface area contributed by atoms with E-state index in [4.69, 9.17) is 0 Å². The molecule has 134 valence electrons. The molecule has 2 aromatic heterocycles. The molecule has 0 aromatic carbocycles. The lowest BCUT2D eigenvalue weighted by molar-refractivity contribution is -0.385. The van der Waals surface area contributed by atoms with Crippen molar-refractivity contribution in [2.75, 3.05) is 56.6 Å². The van der Waals surface area contributed by atoms with Crippen LogP contribution in [-0.4, -0.2) is 76.4 Å². The molecule has 25 heavy (non-hydrogen) atoms. The third kappa shape index (κ3) is 4.21. The minimum absolute atomic E-state index is 0.0327. The molecule has 3 rings (SSSR count). The summed E-state index contributed by atoms with van der Waals surface area (Å²) in [5.74, 6) is 1.65. The normalized spacial score (nSPS) is 15.4. The van der Waals surface area contributed by atoms with E-state index in [1.165, 1.54) is 12.4 Å². The molecule has 1 aliphatic rings. The van der Waals surface area contributed by atoms with Crippen molar-refractivity contribution in [3.63, 3.8) is 0 Å². The lowest BCUT2D eigenvalue weighted by Crippen LogP contribution is -2.47. The standard InChI is InChI=1S/C15H22N8O2/c1-19(2)15-16-4-3-14(18-15)21-8-5-20(6-9-21)7-10-22-12-13(11-17-22)23(24)25/h3-4,11-12H,5-10H2,1-2H3. The van der Waals surface area contributed by atoms with E-state index in [2.05, 4.69) is 24.9 Å². The van der Waals surface area contributed by atoms with Gasteiger partial charge in [0.2, 0.25) is 5.95 Å². The zero-order chi connectivity index (χ0) is 17.8. The van der Waals surface area contributed by atoms with Gasteiger partial charge in [0.25, 0.3) is 0 Å². The van der Waals surface area contributed by atoms with Crippen LogP contribution in [0.5, 0.6) is 0 Å². The van der Waals surface area contributed by atoms with Crippen LogP contribution in [0, 0.1) is 10.1 Å². The smallest absolute Gasteiger partial charge is 0.306 e. The Balaban J connectivity index is 1.50. The minimum Gasteiger partial charge on any atom is -0.354 e. The SMILES string of the molecule is CN(C)c1nccc(N2CCN(CCn3cc([N+](=O)[O-])cn3)CC2)n1. The second-order valence-corrected chi connectivity index (χ2v) is 6.16. The first kappa shape index (κ1) is 17.1. The van der Waals surface area contributed by atoms with E-state index < -0.39 is 4.92 Å². The van der Waals surface area contributed by atoms with Crippen LogP contribution in [0.2, 0.25) is 0 Å². The van der Waals surface area contributed by atoms with Crippen LogP contribution in [-0.2, 0) is 6.54 Å². The van der Waals surface area contributed by atoms with E-state index in [9.17, 15) is 10.1 Å². The van der Waals surface area contributed by atoms with Crippen molar-refractivity contribution in [3.05, 3.63) is 34.8 Å². The molecule has 1 aliphatic heterocycles. The molecule has 3 heterocycles. The topological polar surface area (TPSA) is 96.5 Å². The Morgan fingerprint density at radius 1 is 1.24 bits per heavy atom. The number of hydrogen-bond acceptors (Lipinski definition) is 8. The summed E-state index contributed by atoms with van der Waals surface area (Å²) in [6.07, 6.45) is 4.55. The van der Waals surface area contributed by atoms with Gasteiger partial charge < -0.3 is 9.80 Å². The zero-order valence-corrected chi connectivity index (χ0v) is 14.4. The average molecular weight is 346 g/mol. The molecule has 1 fully saturated rings. The predicted molar refractivity (Wildman–Crippen MR) is 93.9 cm³/mol. The summed E-state index contributed by atoms with van der Waals surface area (Å²) in [4.78, 5) is 25.6. The Morgan fingerprint density at radius 2 is 2.00 bits per heavy atom. The van der Waals surface area contributed by atoms with Gasteiger partial charge in [-0.15, -0.1) is 0 Å². The third-order valence-electron chi connectivity index (χ3n) is 4.20. The Kier molecular flexibility index (Phi) is 5.08. The van der Waals surface area contributed by atoms with Gasteiger partial charge in [0, 0.05) is 53.0 Å². The van der Waals surface area contributed by atoms with Crippen molar-refractivity contribution in [2.45, 2.75) is 6.54 Å². The van der Waals surface area contributed by atoms with Crippen molar-refractivity contribution >= 4 is 17.5 Å². The number of hydrogen-bond donors (Lipinski definition) is 0. The van der Waals surface area contributed by atoms with E-state index in [1.807, 2.05) is 25.1 Å². The molecule has 0 radical (unpaired) electrons. The number of aromatic nitrogens is 4. The van der Waals surface area contributed by atoms with E-state index in [0.29, 0.717) is 12.5 Å². The van der Waals surface area contributed by atoms with Crippen molar-refractivity contribution in [2.24, 2.45) is 0 Å². The van der Waals surface area contributed by atoms with Gasteiger partial charge in [-0.1, -0.05) is 0 Å². The van der Waals surface area contributed by atoms with Crippen LogP contribution < -0.4 is 9.80 Å². The molecular formula is C15H22N8O2. The number of nitrogens with zero attached hydrogens (tertiary/aromatic N) is 8. The van der Waals surface area contributed by atoms with Crippen LogP contribution in [0.25, 0.3) is 0 Å². The van der Waals surface area contributed by atoms with E-state index in [-0.39, 0.29) is 5.69 Å². The molecule has 1 saturated heterocycles. The third-order valence-corrected chi connectivity index (χ3v) is 4.20. The molecule has 0 bridgehead atoms. The van der Waals surface area contributed by atoms with Crippen LogP contribution in [0.1, 0.15) is 0 Å². The van der Waals surface area contributed by atoms with Crippen LogP contribution >= 0.6 is 0 Å². The molecule has 0 aliphatic carbocycles. The molecule has 10 heteroatoms. The van der Waals surface area contributed by atoms with Crippen molar-refractivity contribution in [1.29, 1.82) is 0 Å². The van der Waals surface area contributed by atoms with Gasteiger partial charge in [-0.2, -0.15) is 10.1 Å². The highest BCUT2D eigenvalue weighted by Gasteiger charge is 2.19. The van der Waals surface area contributed by atoms with Crippen molar-refractivity contribution in [3.8, 4) is 0 Å². The van der Waals surface area contributed by atoms with Crippen LogP contribution in [0.3, 0.4) is 0 Å². The first-order valence-corrected chi connectivity index (χ1v) is 8.17. The fraction of sp³-hybridized carbons (Fsp3) is 0.533. The lowest BCUT2D eigenvalue weighted by atomic mass is 10.3. The number of anilines is 2. The van der Waals surface area contributed by atoms with Crippen LogP contribution in [0.15, 0.2) is 24.7 Å². The molecule has 0 unspecified atom stereocenters. The molecule has 2 aromatic rings. The highest BCUT2D eigenvalue weighted by Crippen LogP contribution is 2.16. The Hall–Kier alpha value is -2.75. The summed E-state index contributed by atoms with van der Waals surface area (Å²) in [6.45, 7) is 5.09. The van der Waals surface area contributed by atoms with Gasteiger partial charge in [-0.05, 0) is 6.07 Å². The molecular weight excluding hydrogens is 324 g/mol. The summed E-state index contributed by atoms with van der Waals surface area (Å²) in [5, 5.41) is 14.7. The van der Waals surface area contributed by atoms with E-state index in [0.717, 1.165) is 38.5 Å². The van der Waals surface area contributed by atoms with Gasteiger partial charge in [0.15, 0.2) is 0 Å². The van der Waals surface area contributed by atoms with Gasteiger partial charge in [0.1, 0.15) is 18.2 Å². The van der Waals surface area contributed by atoms with Crippen molar-refractivity contribution < 1.29 is 4.92 Å². The highest BCUT2D eigenvalue weighted by atomic mass is 16.6. The summed E-state index contributed by atoms with van der Waals surface area (Å²) >= 11 is 0. The Bertz CT molecular complexity index is 724. The summed E-state index contributed by atoms with van der Waals surface area (Å²) < 4.78 is 1.62. The number of piperazine rings is 1. The molecule has 0 saturated carbocycles. The first-order valence-electron chi connectivity index (χ1n) is 8.17. The molecule has 0 N–H and O–H groups in total. The maximum atomic E-state index is 10.7. The number of rotatable bonds is 6. The summed E-state index contributed by atoms with van der Waals surface area (Å²) in [5.41, 5.74) is 0.0327. The summed E-state index contributed by atoms with van der Waals surface area (Å²) in [7, 11) is 3.85. The fourth-order valence-corrected chi connectivity index (χ4v) is 2.74. The van der Waals surface area contributed by atoms with Gasteiger partial charge in [0.05, 0.1) is 11.5 Å². The largest absolute Gasteiger partial charge is 0.354 e. The Morgan fingerprint density at radius 3 is 2.64 bits per heavy atom. The average Bonchev–Trinajstić information content (AvgIpc) is 3.10. The summed E-state index contributed by atoms with van der Waals surface area (Å²) in [6, 6.07) is 1.94. The van der Waals surface area contributed by atoms with E-state index >= 15 is 0 Å². The molecule has 0 spiro atoms. The maximum absolute atomic E-state index is 10.7. The maximum Gasteiger partial charge on any atom is 0.306 e. The van der Waals surface area contributed by atoms with E-state index in [1.54, 1.807) is 10.9 Å². The first-order chi connectivity index (χ1) is 12.0. The van der Waals surface area contributed by atoms with Gasteiger partial charge in [-0.25, -0.2) is 4.98 Å². The quantitative estimate of drug-likeness (QED) is 0.550. The predicted octanol–water partition coefficient (Wildman–Crippen LogP) is 0.469. The molecule has 10 nitrogen and oxygen atoms in total. The Labute approximate surface area is 145 Å².